The monoisotopic (exact) mass is 279 g/mol. The van der Waals surface area contributed by atoms with Crippen LogP contribution in [0.5, 0.6) is 5.75 Å². The Bertz CT molecular complexity index is 640. The van der Waals surface area contributed by atoms with E-state index in [2.05, 4.69) is 4.98 Å². The van der Waals surface area contributed by atoms with Crippen molar-refractivity contribution in [3.8, 4) is 5.75 Å². The number of rotatable bonds is 3. The van der Waals surface area contributed by atoms with Crippen molar-refractivity contribution < 1.29 is 14.3 Å². The molecule has 1 aromatic heterocycles. The molecule has 0 amide bonds. The van der Waals surface area contributed by atoms with Crippen molar-refractivity contribution in [1.29, 1.82) is 0 Å². The number of carbonyl (C=O) groups is 1. The van der Waals surface area contributed by atoms with Gasteiger partial charge in [-0.25, -0.2) is 9.78 Å². The molecule has 2 aromatic rings. The fourth-order valence-electron chi connectivity index (χ4n) is 1.86. The van der Waals surface area contributed by atoms with E-state index in [1.807, 2.05) is 19.9 Å². The molecule has 0 unspecified atom stereocenters. The molecule has 0 bridgehead atoms. The van der Waals surface area contributed by atoms with Crippen LogP contribution in [0.4, 0.5) is 0 Å². The first kappa shape index (κ1) is 13.6. The first-order valence-corrected chi connectivity index (χ1v) is 6.27. The van der Waals surface area contributed by atoms with Gasteiger partial charge in [0.1, 0.15) is 5.75 Å². The second-order valence-electron chi connectivity index (χ2n) is 4.00. The molecular formula is C14H14ClNO3. The summed E-state index contributed by atoms with van der Waals surface area (Å²) >= 11 is 6.09. The highest BCUT2D eigenvalue weighted by atomic mass is 35.5. The van der Waals surface area contributed by atoms with Gasteiger partial charge in [0.05, 0.1) is 19.2 Å². The number of carbonyl (C=O) groups excluding carboxylic acids is 1. The van der Waals surface area contributed by atoms with Crippen LogP contribution in [-0.2, 0) is 4.74 Å². The smallest absolute Gasteiger partial charge is 0.356 e. The fraction of sp³-hybridized carbons (Fsp3) is 0.286. The number of aryl methyl sites for hydroxylation is 1. The predicted octanol–water partition coefficient (Wildman–Crippen LogP) is 3.38. The van der Waals surface area contributed by atoms with Crippen LogP contribution in [0.15, 0.2) is 18.2 Å². The lowest BCUT2D eigenvalue weighted by Gasteiger charge is -2.11. The number of hydrogen-bond donors (Lipinski definition) is 0. The third-order valence-corrected chi connectivity index (χ3v) is 3.23. The third-order valence-electron chi connectivity index (χ3n) is 2.82. The normalized spacial score (nSPS) is 10.5. The predicted molar refractivity (Wildman–Crippen MR) is 74.0 cm³/mol. The number of nitrogens with zero attached hydrogens (tertiary/aromatic N) is 1. The van der Waals surface area contributed by atoms with Gasteiger partial charge in [0, 0.05) is 16.5 Å². The van der Waals surface area contributed by atoms with Crippen molar-refractivity contribution in [2.24, 2.45) is 0 Å². The minimum atomic E-state index is -0.498. The van der Waals surface area contributed by atoms with Crippen molar-refractivity contribution in [1.82, 2.24) is 4.98 Å². The molecular weight excluding hydrogens is 266 g/mol. The van der Waals surface area contributed by atoms with Gasteiger partial charge in [0.25, 0.3) is 0 Å². The zero-order chi connectivity index (χ0) is 14.0. The van der Waals surface area contributed by atoms with Crippen molar-refractivity contribution in [2.45, 2.75) is 13.8 Å². The molecule has 0 aliphatic rings. The van der Waals surface area contributed by atoms with Gasteiger partial charge in [-0.3, -0.25) is 0 Å². The molecule has 2 rings (SSSR count). The number of fused-ring (bicyclic) bond motifs is 1. The molecule has 0 atom stereocenters. The topological polar surface area (TPSA) is 48.4 Å². The molecule has 0 radical (unpaired) electrons. The van der Waals surface area contributed by atoms with E-state index in [1.165, 1.54) is 7.11 Å². The zero-order valence-electron chi connectivity index (χ0n) is 11.0. The Labute approximate surface area is 116 Å². The highest BCUT2D eigenvalue weighted by Gasteiger charge is 2.15. The van der Waals surface area contributed by atoms with E-state index in [0.717, 1.165) is 10.9 Å². The Kier molecular flexibility index (Phi) is 3.90. The number of esters is 1. The Morgan fingerprint density at radius 2 is 2.16 bits per heavy atom. The van der Waals surface area contributed by atoms with Crippen molar-refractivity contribution in [3.05, 3.63) is 34.5 Å². The van der Waals surface area contributed by atoms with Crippen molar-refractivity contribution in [3.63, 3.8) is 0 Å². The lowest BCUT2D eigenvalue weighted by molar-refractivity contribution is 0.0594. The average molecular weight is 280 g/mol. The molecule has 0 saturated carbocycles. The first-order valence-electron chi connectivity index (χ1n) is 5.89. The van der Waals surface area contributed by atoms with Gasteiger partial charge in [-0.05, 0) is 31.5 Å². The highest BCUT2D eigenvalue weighted by molar-refractivity contribution is 6.32. The summed E-state index contributed by atoms with van der Waals surface area (Å²) in [5.74, 6) is 0.106. The summed E-state index contributed by atoms with van der Waals surface area (Å²) < 4.78 is 10.3. The van der Waals surface area contributed by atoms with Crippen LogP contribution in [-0.4, -0.2) is 24.7 Å². The summed E-state index contributed by atoms with van der Waals surface area (Å²) in [6.07, 6.45) is 0. The van der Waals surface area contributed by atoms with Crippen LogP contribution >= 0.6 is 11.6 Å². The summed E-state index contributed by atoms with van der Waals surface area (Å²) in [5.41, 5.74) is 1.67. The summed E-state index contributed by atoms with van der Waals surface area (Å²) in [7, 11) is 1.32. The Hall–Kier alpha value is -1.81. The highest BCUT2D eigenvalue weighted by Crippen LogP contribution is 2.31. The van der Waals surface area contributed by atoms with Gasteiger partial charge in [0.2, 0.25) is 0 Å². The summed E-state index contributed by atoms with van der Waals surface area (Å²) in [5, 5.41) is 1.43. The van der Waals surface area contributed by atoms with Crippen LogP contribution in [0.2, 0.25) is 5.02 Å². The SMILES string of the molecule is CCOc1cc(C(=O)OC)nc2c(C)c(Cl)ccc12. The minimum absolute atomic E-state index is 0.212. The summed E-state index contributed by atoms with van der Waals surface area (Å²) in [6.45, 7) is 4.24. The number of pyridine rings is 1. The molecule has 4 nitrogen and oxygen atoms in total. The van der Waals surface area contributed by atoms with Crippen LogP contribution in [0.25, 0.3) is 10.9 Å². The molecule has 1 heterocycles. The third kappa shape index (κ3) is 2.49. The molecule has 0 N–H and O–H groups in total. The second-order valence-corrected chi connectivity index (χ2v) is 4.41. The summed E-state index contributed by atoms with van der Waals surface area (Å²) in [4.78, 5) is 15.9. The van der Waals surface area contributed by atoms with Gasteiger partial charge in [-0.15, -0.1) is 0 Å². The van der Waals surface area contributed by atoms with E-state index in [4.69, 9.17) is 21.1 Å². The van der Waals surface area contributed by atoms with Gasteiger partial charge < -0.3 is 9.47 Å². The molecule has 19 heavy (non-hydrogen) atoms. The molecule has 1 aromatic carbocycles. The van der Waals surface area contributed by atoms with Gasteiger partial charge >= 0.3 is 5.97 Å². The molecule has 100 valence electrons. The fourth-order valence-corrected chi connectivity index (χ4v) is 2.01. The molecule has 0 spiro atoms. The molecule has 0 aliphatic carbocycles. The van der Waals surface area contributed by atoms with E-state index in [-0.39, 0.29) is 5.69 Å². The Morgan fingerprint density at radius 3 is 2.79 bits per heavy atom. The van der Waals surface area contributed by atoms with E-state index >= 15 is 0 Å². The molecule has 5 heteroatoms. The second kappa shape index (κ2) is 5.45. The zero-order valence-corrected chi connectivity index (χ0v) is 11.7. The molecule has 0 fully saturated rings. The number of ether oxygens (including phenoxy) is 2. The Balaban J connectivity index is 2.76. The molecule has 0 saturated heterocycles. The maximum absolute atomic E-state index is 11.6. The Morgan fingerprint density at radius 1 is 1.42 bits per heavy atom. The van der Waals surface area contributed by atoms with Crippen LogP contribution < -0.4 is 4.74 Å². The quantitative estimate of drug-likeness (QED) is 0.808. The van der Waals surface area contributed by atoms with Crippen molar-refractivity contribution >= 4 is 28.5 Å². The van der Waals surface area contributed by atoms with Crippen LogP contribution in [0.1, 0.15) is 23.0 Å². The van der Waals surface area contributed by atoms with E-state index in [0.29, 0.717) is 22.9 Å². The lowest BCUT2D eigenvalue weighted by atomic mass is 10.1. The number of methoxy groups -OCH3 is 1. The van der Waals surface area contributed by atoms with Crippen LogP contribution in [0.3, 0.4) is 0 Å². The van der Waals surface area contributed by atoms with E-state index < -0.39 is 5.97 Å². The summed E-state index contributed by atoms with van der Waals surface area (Å²) in [6, 6.07) is 5.22. The van der Waals surface area contributed by atoms with Crippen LogP contribution in [0, 0.1) is 6.92 Å². The van der Waals surface area contributed by atoms with Crippen molar-refractivity contribution in [2.75, 3.05) is 13.7 Å². The standard InChI is InChI=1S/C14H14ClNO3/c1-4-19-12-7-11(14(17)18-3)16-13-8(2)10(15)6-5-9(12)13/h5-7H,4H2,1-3H3. The lowest BCUT2D eigenvalue weighted by Crippen LogP contribution is -2.06. The van der Waals surface area contributed by atoms with Gasteiger partial charge in [-0.2, -0.15) is 0 Å². The van der Waals surface area contributed by atoms with Gasteiger partial charge in [-0.1, -0.05) is 11.6 Å². The number of halogens is 1. The minimum Gasteiger partial charge on any atom is -0.493 e. The van der Waals surface area contributed by atoms with E-state index in [1.54, 1.807) is 12.1 Å². The maximum atomic E-state index is 11.6. The number of hydrogen-bond acceptors (Lipinski definition) is 4. The largest absolute Gasteiger partial charge is 0.493 e. The first-order chi connectivity index (χ1) is 9.08. The average Bonchev–Trinajstić information content (AvgIpc) is 2.42. The number of benzene rings is 1. The number of aromatic nitrogens is 1. The van der Waals surface area contributed by atoms with E-state index in [9.17, 15) is 4.79 Å². The van der Waals surface area contributed by atoms with Gasteiger partial charge in [0.15, 0.2) is 5.69 Å². The maximum Gasteiger partial charge on any atom is 0.356 e. The molecule has 0 aliphatic heterocycles.